The number of aromatic nitrogens is 2. The Morgan fingerprint density at radius 2 is 2.20 bits per heavy atom. The second-order valence-corrected chi connectivity index (χ2v) is 3.11. The topological polar surface area (TPSA) is 60.9 Å². The van der Waals surface area contributed by atoms with Crippen LogP contribution in [0.3, 0.4) is 0 Å². The molecule has 0 aliphatic carbocycles. The zero-order valence-corrected chi connectivity index (χ0v) is 7.95. The third kappa shape index (κ3) is 2.56. The molecule has 4 nitrogen and oxygen atoms in total. The molecule has 1 atom stereocenters. The molecule has 0 aliphatic rings. The van der Waals surface area contributed by atoms with Crippen molar-refractivity contribution in [3.05, 3.63) is 28.4 Å². The van der Waals surface area contributed by atoms with Crippen LogP contribution in [0, 0.1) is 6.92 Å². The Bertz CT molecular complexity index is 399. The minimum atomic E-state index is -4.55. The number of halogens is 3. The fourth-order valence-corrected chi connectivity index (χ4v) is 1.16. The van der Waals surface area contributed by atoms with Gasteiger partial charge in [-0.15, -0.1) is 0 Å². The zero-order chi connectivity index (χ0) is 11.6. The highest BCUT2D eigenvalue weighted by Gasteiger charge is 2.40. The minimum Gasteiger partial charge on any atom is -0.328 e. The molecule has 0 saturated heterocycles. The van der Waals surface area contributed by atoms with Crippen molar-refractivity contribution in [1.29, 1.82) is 0 Å². The van der Waals surface area contributed by atoms with Crippen LogP contribution < -0.4 is 11.4 Å². The van der Waals surface area contributed by atoms with Crippen molar-refractivity contribution < 1.29 is 13.2 Å². The number of hydrogen-bond donors (Lipinski definition) is 1. The Labute approximate surface area is 83.5 Å². The quantitative estimate of drug-likeness (QED) is 0.796. The maximum absolute atomic E-state index is 12.5. The molecule has 15 heavy (non-hydrogen) atoms. The molecule has 7 heteroatoms. The Hall–Kier alpha value is -1.37. The Balaban J connectivity index is 3.24. The van der Waals surface area contributed by atoms with Gasteiger partial charge < -0.3 is 5.73 Å². The summed E-state index contributed by atoms with van der Waals surface area (Å²) in [6, 6.07) is -2.02. The number of rotatable bonds is 2. The normalized spacial score (nSPS) is 13.9. The number of nitrogens with two attached hydrogens (primary N) is 1. The molecule has 0 radical (unpaired) electrons. The summed E-state index contributed by atoms with van der Waals surface area (Å²) < 4.78 is 37.9. The van der Waals surface area contributed by atoms with Gasteiger partial charge in [0.05, 0.1) is 0 Å². The van der Waals surface area contributed by atoms with Gasteiger partial charge in [0, 0.05) is 18.9 Å². The predicted octanol–water partition coefficient (Wildman–Crippen LogP) is 0.614. The summed E-state index contributed by atoms with van der Waals surface area (Å²) >= 11 is 0. The fourth-order valence-electron chi connectivity index (χ4n) is 1.16. The first kappa shape index (κ1) is 11.7. The highest BCUT2D eigenvalue weighted by atomic mass is 19.4. The second-order valence-electron chi connectivity index (χ2n) is 3.11. The smallest absolute Gasteiger partial charge is 0.328 e. The predicted molar refractivity (Wildman–Crippen MR) is 47.4 cm³/mol. The molecule has 0 saturated carbocycles. The Morgan fingerprint density at radius 1 is 1.60 bits per heavy atom. The summed E-state index contributed by atoms with van der Waals surface area (Å²) in [5, 5.41) is 0. The molecule has 1 heterocycles. The zero-order valence-electron chi connectivity index (χ0n) is 7.95. The van der Waals surface area contributed by atoms with Crippen LogP contribution in [0.5, 0.6) is 0 Å². The summed E-state index contributed by atoms with van der Waals surface area (Å²) in [7, 11) is 0. The molecular weight excluding hydrogens is 211 g/mol. The van der Waals surface area contributed by atoms with E-state index < -0.39 is 24.5 Å². The van der Waals surface area contributed by atoms with Crippen LogP contribution >= 0.6 is 0 Å². The first-order valence-electron chi connectivity index (χ1n) is 4.18. The average Bonchev–Trinajstić information content (AvgIpc) is 2.10. The van der Waals surface area contributed by atoms with E-state index in [1.54, 1.807) is 6.92 Å². The molecule has 1 aromatic heterocycles. The lowest BCUT2D eigenvalue weighted by molar-refractivity contribution is -0.165. The van der Waals surface area contributed by atoms with Crippen molar-refractivity contribution >= 4 is 0 Å². The van der Waals surface area contributed by atoms with E-state index in [4.69, 9.17) is 5.73 Å². The highest BCUT2D eigenvalue weighted by molar-refractivity contribution is 5.01. The molecule has 1 unspecified atom stereocenters. The third-order valence-corrected chi connectivity index (χ3v) is 1.88. The first-order chi connectivity index (χ1) is 6.86. The molecule has 0 aromatic carbocycles. The van der Waals surface area contributed by atoms with Crippen LogP contribution in [0.4, 0.5) is 13.2 Å². The van der Waals surface area contributed by atoms with Gasteiger partial charge in [0.25, 0.3) is 0 Å². The number of hydrogen-bond acceptors (Lipinski definition) is 3. The van der Waals surface area contributed by atoms with Gasteiger partial charge in [-0.05, 0) is 12.5 Å². The number of aryl methyl sites for hydroxylation is 1. The fraction of sp³-hybridized carbons (Fsp3) is 0.500. The molecule has 84 valence electrons. The molecular formula is C8H10F3N3O. The highest BCUT2D eigenvalue weighted by Crippen LogP contribution is 2.28. The standard InChI is InChI=1S/C8H10F3N3O/c1-5-3-13-7(15)14(4-5)6(2-12)8(9,10)11/h3-4,6H,2,12H2,1H3. The van der Waals surface area contributed by atoms with Gasteiger partial charge in [-0.2, -0.15) is 13.2 Å². The molecule has 0 spiro atoms. The molecule has 0 aliphatic heterocycles. The van der Waals surface area contributed by atoms with E-state index >= 15 is 0 Å². The lowest BCUT2D eigenvalue weighted by Gasteiger charge is -2.20. The van der Waals surface area contributed by atoms with Gasteiger partial charge in [-0.3, -0.25) is 4.57 Å². The average molecular weight is 221 g/mol. The second kappa shape index (κ2) is 4.01. The van der Waals surface area contributed by atoms with E-state index in [1.807, 2.05) is 0 Å². The lowest BCUT2D eigenvalue weighted by Crippen LogP contribution is -2.39. The number of alkyl halides is 3. The summed E-state index contributed by atoms with van der Waals surface area (Å²) in [4.78, 5) is 14.4. The molecule has 0 bridgehead atoms. The largest absolute Gasteiger partial charge is 0.410 e. The van der Waals surface area contributed by atoms with E-state index in [-0.39, 0.29) is 0 Å². The van der Waals surface area contributed by atoms with Crippen LogP contribution in [-0.4, -0.2) is 22.3 Å². The van der Waals surface area contributed by atoms with Crippen molar-refractivity contribution in [3.63, 3.8) is 0 Å². The van der Waals surface area contributed by atoms with Gasteiger partial charge in [-0.25, -0.2) is 9.78 Å². The van der Waals surface area contributed by atoms with Crippen molar-refractivity contribution in [2.75, 3.05) is 6.54 Å². The molecule has 0 fully saturated rings. The van der Waals surface area contributed by atoms with Crippen LogP contribution in [0.15, 0.2) is 17.2 Å². The maximum Gasteiger partial charge on any atom is 0.410 e. The van der Waals surface area contributed by atoms with Crippen molar-refractivity contribution in [2.24, 2.45) is 5.73 Å². The lowest BCUT2D eigenvalue weighted by atomic mass is 10.2. The molecule has 1 rings (SSSR count). The molecule has 1 aromatic rings. The van der Waals surface area contributed by atoms with Gasteiger partial charge >= 0.3 is 11.9 Å². The summed E-state index contributed by atoms with van der Waals surface area (Å²) in [6.07, 6.45) is -2.24. The summed E-state index contributed by atoms with van der Waals surface area (Å²) in [5.74, 6) is 0. The Morgan fingerprint density at radius 3 is 2.67 bits per heavy atom. The summed E-state index contributed by atoms with van der Waals surface area (Å²) in [5.41, 5.74) is 4.52. The van der Waals surface area contributed by atoms with Crippen LogP contribution in [-0.2, 0) is 0 Å². The van der Waals surface area contributed by atoms with Gasteiger partial charge in [0.1, 0.15) is 6.04 Å². The van der Waals surface area contributed by atoms with E-state index in [2.05, 4.69) is 4.98 Å². The van der Waals surface area contributed by atoms with E-state index in [0.717, 1.165) is 6.20 Å². The molecule has 2 N–H and O–H groups in total. The van der Waals surface area contributed by atoms with Crippen LogP contribution in [0.2, 0.25) is 0 Å². The monoisotopic (exact) mass is 221 g/mol. The van der Waals surface area contributed by atoms with Crippen molar-refractivity contribution in [3.8, 4) is 0 Å². The van der Waals surface area contributed by atoms with Gasteiger partial charge in [0.2, 0.25) is 0 Å². The Kier molecular flexibility index (Phi) is 3.13. The summed E-state index contributed by atoms with van der Waals surface area (Å²) in [6.45, 7) is 0.863. The van der Waals surface area contributed by atoms with Gasteiger partial charge in [0.15, 0.2) is 0 Å². The van der Waals surface area contributed by atoms with E-state index in [1.165, 1.54) is 6.20 Å². The van der Waals surface area contributed by atoms with E-state index in [9.17, 15) is 18.0 Å². The van der Waals surface area contributed by atoms with Gasteiger partial charge in [-0.1, -0.05) is 0 Å². The molecule has 0 amide bonds. The van der Waals surface area contributed by atoms with Crippen LogP contribution in [0.25, 0.3) is 0 Å². The van der Waals surface area contributed by atoms with Crippen LogP contribution in [0.1, 0.15) is 11.6 Å². The SMILES string of the molecule is Cc1cnc(=O)n(C(CN)C(F)(F)F)c1. The van der Waals surface area contributed by atoms with Crippen molar-refractivity contribution in [1.82, 2.24) is 9.55 Å². The van der Waals surface area contributed by atoms with E-state index in [0.29, 0.717) is 10.1 Å². The first-order valence-corrected chi connectivity index (χ1v) is 4.18. The minimum absolute atomic E-state index is 0.470. The maximum atomic E-state index is 12.5. The third-order valence-electron chi connectivity index (χ3n) is 1.88. The van der Waals surface area contributed by atoms with Crippen molar-refractivity contribution in [2.45, 2.75) is 19.1 Å². The number of nitrogens with zero attached hydrogens (tertiary/aromatic N) is 2.